The third-order valence-corrected chi connectivity index (χ3v) is 4.95. The van der Waals surface area contributed by atoms with Crippen LogP contribution < -0.4 is 0 Å². The number of nitrogens with zero attached hydrogens (tertiary/aromatic N) is 1. The molecule has 114 valence electrons. The minimum Gasteiger partial charge on any atom is -0.340 e. The SMILES string of the molecule is Cn1c2c(c3ccccc31)C(=O)c1ccc3ccccc3c1C2=O. The molecule has 3 nitrogen and oxygen atoms in total. The van der Waals surface area contributed by atoms with Crippen LogP contribution in [0.15, 0.2) is 60.7 Å². The van der Waals surface area contributed by atoms with Gasteiger partial charge in [-0.25, -0.2) is 0 Å². The van der Waals surface area contributed by atoms with Crippen LogP contribution in [0, 0.1) is 0 Å². The molecule has 0 aliphatic heterocycles. The topological polar surface area (TPSA) is 39.1 Å². The summed E-state index contributed by atoms with van der Waals surface area (Å²) in [5.74, 6) is -0.141. The summed E-state index contributed by atoms with van der Waals surface area (Å²) >= 11 is 0. The summed E-state index contributed by atoms with van der Waals surface area (Å²) < 4.78 is 1.84. The standard InChI is InChI=1S/C21H13NO2/c1-22-16-9-5-4-8-14(16)18-19(22)21(24)17-13-7-3-2-6-12(13)10-11-15(17)20(18)23/h2-11H,1H3. The number of hydrogen-bond donors (Lipinski definition) is 0. The zero-order chi connectivity index (χ0) is 16.4. The molecule has 0 unspecified atom stereocenters. The molecule has 0 amide bonds. The van der Waals surface area contributed by atoms with Crippen molar-refractivity contribution in [3.8, 4) is 0 Å². The van der Waals surface area contributed by atoms with Crippen LogP contribution in [-0.4, -0.2) is 16.1 Å². The van der Waals surface area contributed by atoms with E-state index < -0.39 is 0 Å². The van der Waals surface area contributed by atoms with Gasteiger partial charge in [-0.15, -0.1) is 0 Å². The second kappa shape index (κ2) is 4.42. The van der Waals surface area contributed by atoms with Gasteiger partial charge in [0, 0.05) is 29.1 Å². The Morgan fingerprint density at radius 3 is 2.25 bits per heavy atom. The van der Waals surface area contributed by atoms with E-state index in [0.717, 1.165) is 21.7 Å². The first kappa shape index (κ1) is 13.3. The number of carbonyl (C=O) groups excluding carboxylic acids is 2. The highest BCUT2D eigenvalue weighted by molar-refractivity contribution is 6.35. The number of rotatable bonds is 0. The van der Waals surface area contributed by atoms with E-state index in [-0.39, 0.29) is 11.6 Å². The number of fused-ring (bicyclic) bond motifs is 6. The number of para-hydroxylation sites is 1. The lowest BCUT2D eigenvalue weighted by Crippen LogP contribution is -2.22. The molecule has 0 spiro atoms. The van der Waals surface area contributed by atoms with Crippen LogP contribution in [0.3, 0.4) is 0 Å². The van der Waals surface area contributed by atoms with Gasteiger partial charge in [0.05, 0.1) is 5.56 Å². The second-order valence-electron chi connectivity index (χ2n) is 6.17. The molecule has 1 heterocycles. The molecule has 3 heteroatoms. The van der Waals surface area contributed by atoms with Crippen molar-refractivity contribution in [1.29, 1.82) is 0 Å². The minimum atomic E-state index is -0.0740. The number of hydrogen-bond acceptors (Lipinski definition) is 2. The first-order valence-corrected chi connectivity index (χ1v) is 7.87. The highest BCUT2D eigenvalue weighted by Gasteiger charge is 2.35. The molecular formula is C21H13NO2. The lowest BCUT2D eigenvalue weighted by atomic mass is 9.84. The molecule has 24 heavy (non-hydrogen) atoms. The zero-order valence-electron chi connectivity index (χ0n) is 13.0. The van der Waals surface area contributed by atoms with Crippen LogP contribution >= 0.6 is 0 Å². The van der Waals surface area contributed by atoms with E-state index in [1.165, 1.54) is 0 Å². The number of aryl methyl sites for hydroxylation is 1. The molecule has 0 bridgehead atoms. The molecule has 5 rings (SSSR count). The average molecular weight is 311 g/mol. The van der Waals surface area contributed by atoms with Crippen molar-refractivity contribution < 1.29 is 9.59 Å². The molecule has 1 aliphatic carbocycles. The van der Waals surface area contributed by atoms with Crippen molar-refractivity contribution >= 4 is 33.2 Å². The van der Waals surface area contributed by atoms with Gasteiger partial charge in [0.15, 0.2) is 5.78 Å². The van der Waals surface area contributed by atoms with Gasteiger partial charge in [-0.2, -0.15) is 0 Å². The van der Waals surface area contributed by atoms with Gasteiger partial charge in [-0.1, -0.05) is 48.5 Å². The van der Waals surface area contributed by atoms with Crippen molar-refractivity contribution in [3.05, 3.63) is 83.0 Å². The molecule has 0 fully saturated rings. The highest BCUT2D eigenvalue weighted by atomic mass is 16.1. The van der Waals surface area contributed by atoms with Gasteiger partial charge < -0.3 is 4.57 Å². The maximum atomic E-state index is 13.3. The van der Waals surface area contributed by atoms with Gasteiger partial charge >= 0.3 is 0 Å². The fourth-order valence-electron chi connectivity index (χ4n) is 3.85. The summed E-state index contributed by atoms with van der Waals surface area (Å²) in [6, 6.07) is 19.1. The number of aromatic nitrogens is 1. The third-order valence-electron chi connectivity index (χ3n) is 4.95. The smallest absolute Gasteiger partial charge is 0.211 e. The summed E-state index contributed by atoms with van der Waals surface area (Å²) in [5, 5.41) is 2.65. The van der Waals surface area contributed by atoms with Crippen LogP contribution in [0.1, 0.15) is 32.0 Å². The van der Waals surface area contributed by atoms with Crippen molar-refractivity contribution in [1.82, 2.24) is 4.57 Å². The Hall–Kier alpha value is -3.20. The average Bonchev–Trinajstić information content (AvgIpc) is 2.92. The van der Waals surface area contributed by atoms with E-state index in [4.69, 9.17) is 0 Å². The first-order chi connectivity index (χ1) is 11.7. The van der Waals surface area contributed by atoms with E-state index >= 15 is 0 Å². The number of benzene rings is 3. The van der Waals surface area contributed by atoms with Gasteiger partial charge in [-0.3, -0.25) is 9.59 Å². The maximum Gasteiger partial charge on any atom is 0.211 e. The monoisotopic (exact) mass is 311 g/mol. The molecule has 1 aromatic heterocycles. The Bertz CT molecular complexity index is 1200. The molecule has 0 radical (unpaired) electrons. The summed E-state index contributed by atoms with van der Waals surface area (Å²) in [5.41, 5.74) is 2.95. The van der Waals surface area contributed by atoms with E-state index in [0.29, 0.717) is 22.4 Å². The molecular weight excluding hydrogens is 298 g/mol. The molecule has 1 aliphatic rings. The van der Waals surface area contributed by atoms with Crippen LogP contribution in [0.5, 0.6) is 0 Å². The Balaban J connectivity index is 1.96. The van der Waals surface area contributed by atoms with Crippen LogP contribution in [0.25, 0.3) is 21.7 Å². The Morgan fingerprint density at radius 2 is 1.42 bits per heavy atom. The van der Waals surface area contributed by atoms with Gasteiger partial charge in [0.1, 0.15) is 5.69 Å². The summed E-state index contributed by atoms with van der Waals surface area (Å²) in [7, 11) is 1.85. The Kier molecular flexibility index (Phi) is 2.44. The molecule has 0 N–H and O–H groups in total. The molecule has 0 saturated heterocycles. The van der Waals surface area contributed by atoms with E-state index in [9.17, 15) is 9.59 Å². The molecule has 0 saturated carbocycles. The van der Waals surface area contributed by atoms with Crippen LogP contribution in [0.4, 0.5) is 0 Å². The van der Waals surface area contributed by atoms with Gasteiger partial charge in [0.25, 0.3) is 0 Å². The van der Waals surface area contributed by atoms with Gasteiger partial charge in [-0.05, 0) is 22.9 Å². The van der Waals surface area contributed by atoms with Crippen molar-refractivity contribution in [2.75, 3.05) is 0 Å². The second-order valence-corrected chi connectivity index (χ2v) is 6.17. The van der Waals surface area contributed by atoms with Crippen molar-refractivity contribution in [3.63, 3.8) is 0 Å². The van der Waals surface area contributed by atoms with Crippen molar-refractivity contribution in [2.45, 2.75) is 0 Å². The third kappa shape index (κ3) is 1.46. The first-order valence-electron chi connectivity index (χ1n) is 7.87. The fourth-order valence-corrected chi connectivity index (χ4v) is 3.85. The van der Waals surface area contributed by atoms with Gasteiger partial charge in [0.2, 0.25) is 5.78 Å². The maximum absolute atomic E-state index is 13.3. The molecule has 4 aromatic rings. The number of ketones is 2. The fraction of sp³-hybridized carbons (Fsp3) is 0.0476. The Labute approximate surface area is 138 Å². The predicted molar refractivity (Wildman–Crippen MR) is 93.7 cm³/mol. The molecule has 0 atom stereocenters. The van der Waals surface area contributed by atoms with Crippen LogP contribution in [0.2, 0.25) is 0 Å². The molecule has 3 aromatic carbocycles. The van der Waals surface area contributed by atoms with E-state index in [1.807, 2.05) is 66.2 Å². The van der Waals surface area contributed by atoms with E-state index in [1.54, 1.807) is 6.07 Å². The normalized spacial score (nSPS) is 13.4. The van der Waals surface area contributed by atoms with Crippen molar-refractivity contribution in [2.24, 2.45) is 7.05 Å². The lowest BCUT2D eigenvalue weighted by Gasteiger charge is -2.18. The summed E-state index contributed by atoms with van der Waals surface area (Å²) in [6.07, 6.45) is 0. The highest BCUT2D eigenvalue weighted by Crippen LogP contribution is 2.37. The number of carbonyl (C=O) groups is 2. The van der Waals surface area contributed by atoms with E-state index in [2.05, 4.69) is 0 Å². The summed E-state index contributed by atoms with van der Waals surface area (Å²) in [4.78, 5) is 26.4. The minimum absolute atomic E-state index is 0.0675. The van der Waals surface area contributed by atoms with Crippen LogP contribution in [-0.2, 0) is 7.05 Å². The predicted octanol–water partition coefficient (Wildman–Crippen LogP) is 4.11. The quantitative estimate of drug-likeness (QED) is 0.432. The lowest BCUT2D eigenvalue weighted by molar-refractivity contribution is 0.0976. The largest absolute Gasteiger partial charge is 0.340 e. The summed E-state index contributed by atoms with van der Waals surface area (Å²) in [6.45, 7) is 0. The zero-order valence-corrected chi connectivity index (χ0v) is 13.0. The Morgan fingerprint density at radius 1 is 0.708 bits per heavy atom.